The molecule has 3 atom stereocenters. The normalized spacial score (nSPS) is 37.1. The van der Waals surface area contributed by atoms with Crippen LogP contribution in [0.2, 0.25) is 0 Å². The lowest BCUT2D eigenvalue weighted by Gasteiger charge is -2.38. The van der Waals surface area contributed by atoms with Gasteiger partial charge < -0.3 is 10.6 Å². The third-order valence-corrected chi connectivity index (χ3v) is 3.15. The summed E-state index contributed by atoms with van der Waals surface area (Å²) < 4.78 is 0. The van der Waals surface area contributed by atoms with Crippen molar-refractivity contribution < 1.29 is 0 Å². The number of H-pyrrole nitrogens is 1. The van der Waals surface area contributed by atoms with Gasteiger partial charge in [-0.1, -0.05) is 6.08 Å². The molecule has 0 amide bonds. The summed E-state index contributed by atoms with van der Waals surface area (Å²) in [5, 5.41) is 13.4. The maximum atomic E-state index is 4.47. The molecular weight excluding hydrogens is 190 g/mol. The van der Waals surface area contributed by atoms with Gasteiger partial charge in [-0.3, -0.25) is 10.1 Å². The zero-order chi connectivity index (χ0) is 10.3. The van der Waals surface area contributed by atoms with Crippen LogP contribution in [0, 0.1) is 5.92 Å². The van der Waals surface area contributed by atoms with E-state index in [2.05, 4.69) is 38.8 Å². The quantitative estimate of drug-likeness (QED) is 0.624. The number of aromatic amines is 1. The summed E-state index contributed by atoms with van der Waals surface area (Å²) in [4.78, 5) is 4.47. The molecule has 5 nitrogen and oxygen atoms in total. The predicted octanol–water partition coefficient (Wildman–Crippen LogP) is 0.532. The topological polar surface area (TPSA) is 65.1 Å². The van der Waals surface area contributed by atoms with Crippen molar-refractivity contribution in [3.05, 3.63) is 30.2 Å². The smallest absolute Gasteiger partial charge is 0.114 e. The van der Waals surface area contributed by atoms with Gasteiger partial charge in [0.2, 0.25) is 0 Å². The molecule has 0 bridgehead atoms. The van der Waals surface area contributed by atoms with Crippen LogP contribution in [0.25, 0.3) is 0 Å². The van der Waals surface area contributed by atoms with Gasteiger partial charge >= 0.3 is 0 Å². The number of rotatable bonds is 1. The van der Waals surface area contributed by atoms with Crippen LogP contribution in [-0.4, -0.2) is 22.2 Å². The summed E-state index contributed by atoms with van der Waals surface area (Å²) in [5.74, 6) is 0.320. The summed E-state index contributed by atoms with van der Waals surface area (Å²) >= 11 is 0. The van der Waals surface area contributed by atoms with Crippen molar-refractivity contribution in [1.29, 1.82) is 0 Å². The van der Waals surface area contributed by atoms with Crippen LogP contribution in [0.15, 0.2) is 29.7 Å². The summed E-state index contributed by atoms with van der Waals surface area (Å²) in [6.07, 6.45) is 9.65. The van der Waals surface area contributed by atoms with Crippen molar-refractivity contribution >= 4 is 6.34 Å². The van der Waals surface area contributed by atoms with Crippen LogP contribution in [0.4, 0.5) is 0 Å². The molecule has 0 saturated heterocycles. The molecule has 2 aliphatic heterocycles. The standard InChI is InChI=1S/C10H13N5/c1-10-8(2-3-12-10)9(11-6-13-10)7-4-14-15-5-7/h2-6,8-9,12H,1H3,(H,11,13)(H,14,15)/t8?,9?,10-/m0/s1. The van der Waals surface area contributed by atoms with Gasteiger partial charge in [-0.2, -0.15) is 5.10 Å². The zero-order valence-corrected chi connectivity index (χ0v) is 8.44. The van der Waals surface area contributed by atoms with E-state index in [0.717, 1.165) is 5.56 Å². The van der Waals surface area contributed by atoms with Crippen LogP contribution in [0.1, 0.15) is 18.5 Å². The first-order chi connectivity index (χ1) is 7.30. The molecule has 5 heteroatoms. The third kappa shape index (κ3) is 1.16. The molecule has 0 radical (unpaired) electrons. The van der Waals surface area contributed by atoms with Crippen molar-refractivity contribution in [2.24, 2.45) is 10.9 Å². The van der Waals surface area contributed by atoms with E-state index in [-0.39, 0.29) is 11.7 Å². The second-order valence-electron chi connectivity index (χ2n) is 4.13. The van der Waals surface area contributed by atoms with E-state index in [0.29, 0.717) is 5.92 Å². The Labute approximate surface area is 87.7 Å². The van der Waals surface area contributed by atoms with Crippen molar-refractivity contribution in [2.45, 2.75) is 18.6 Å². The van der Waals surface area contributed by atoms with Crippen molar-refractivity contribution in [2.75, 3.05) is 0 Å². The number of hydrogen-bond acceptors (Lipinski definition) is 4. The zero-order valence-electron chi connectivity index (χ0n) is 8.44. The molecule has 0 saturated carbocycles. The Bertz CT molecular complexity index is 407. The van der Waals surface area contributed by atoms with Crippen molar-refractivity contribution in [3.63, 3.8) is 0 Å². The molecule has 15 heavy (non-hydrogen) atoms. The molecular formula is C10H13N5. The summed E-state index contributed by atoms with van der Waals surface area (Å²) in [6.45, 7) is 2.13. The molecule has 1 aromatic heterocycles. The Morgan fingerprint density at radius 1 is 1.40 bits per heavy atom. The largest absolute Gasteiger partial charge is 0.369 e. The van der Waals surface area contributed by atoms with E-state index < -0.39 is 0 Å². The molecule has 1 aromatic rings. The monoisotopic (exact) mass is 203 g/mol. The maximum absolute atomic E-state index is 4.47. The van der Waals surface area contributed by atoms with Gasteiger partial charge in [0.15, 0.2) is 0 Å². The Balaban J connectivity index is 1.99. The molecule has 3 heterocycles. The summed E-state index contributed by atoms with van der Waals surface area (Å²) in [5.41, 5.74) is 1.00. The molecule has 2 unspecified atom stereocenters. The fourth-order valence-corrected chi connectivity index (χ4v) is 2.23. The van der Waals surface area contributed by atoms with Crippen LogP contribution < -0.4 is 10.6 Å². The van der Waals surface area contributed by atoms with Gasteiger partial charge in [0.25, 0.3) is 0 Å². The van der Waals surface area contributed by atoms with Gasteiger partial charge in [0.05, 0.1) is 18.6 Å². The van der Waals surface area contributed by atoms with E-state index in [1.54, 1.807) is 6.34 Å². The average molecular weight is 203 g/mol. The fourth-order valence-electron chi connectivity index (χ4n) is 2.23. The highest BCUT2D eigenvalue weighted by atomic mass is 15.2. The second-order valence-corrected chi connectivity index (χ2v) is 4.13. The van der Waals surface area contributed by atoms with E-state index in [9.17, 15) is 0 Å². The molecule has 0 aromatic carbocycles. The fraction of sp³-hybridized carbons (Fsp3) is 0.400. The van der Waals surface area contributed by atoms with E-state index >= 15 is 0 Å². The minimum absolute atomic E-state index is 0.121. The molecule has 3 rings (SSSR count). The summed E-state index contributed by atoms with van der Waals surface area (Å²) in [6, 6.07) is 0.140. The van der Waals surface area contributed by atoms with Crippen molar-refractivity contribution in [1.82, 2.24) is 20.8 Å². The summed E-state index contributed by atoms with van der Waals surface area (Å²) in [7, 11) is 0. The van der Waals surface area contributed by atoms with Crippen LogP contribution >= 0.6 is 0 Å². The minimum Gasteiger partial charge on any atom is -0.369 e. The van der Waals surface area contributed by atoms with Crippen LogP contribution in [0.5, 0.6) is 0 Å². The number of aliphatic imine (C=N–C) groups is 1. The lowest BCUT2D eigenvalue weighted by molar-refractivity contribution is 0.254. The Morgan fingerprint density at radius 3 is 3.13 bits per heavy atom. The van der Waals surface area contributed by atoms with Gasteiger partial charge in [0, 0.05) is 17.7 Å². The number of aromatic nitrogens is 2. The minimum atomic E-state index is -0.121. The Morgan fingerprint density at radius 2 is 2.33 bits per heavy atom. The Kier molecular flexibility index (Phi) is 1.62. The second kappa shape index (κ2) is 2.85. The van der Waals surface area contributed by atoms with Gasteiger partial charge in [-0.25, -0.2) is 0 Å². The number of nitrogens with zero attached hydrogens (tertiary/aromatic N) is 2. The molecule has 3 N–H and O–H groups in total. The maximum Gasteiger partial charge on any atom is 0.114 e. The van der Waals surface area contributed by atoms with E-state index in [4.69, 9.17) is 0 Å². The average Bonchev–Trinajstić information content (AvgIpc) is 2.82. The van der Waals surface area contributed by atoms with Gasteiger partial charge in [0.1, 0.15) is 5.66 Å². The van der Waals surface area contributed by atoms with Crippen LogP contribution in [0.3, 0.4) is 0 Å². The molecule has 0 aliphatic carbocycles. The SMILES string of the molecule is C[C@@]12NC=CC1C(c1cn[nH]c1)N=CN2. The molecule has 78 valence electrons. The molecule has 0 spiro atoms. The first kappa shape index (κ1) is 8.52. The third-order valence-electron chi connectivity index (χ3n) is 3.15. The number of nitrogens with one attached hydrogen (secondary N) is 3. The Hall–Kier alpha value is -1.78. The molecule has 2 aliphatic rings. The molecule has 0 fully saturated rings. The van der Waals surface area contributed by atoms with Gasteiger partial charge in [-0.15, -0.1) is 0 Å². The highest BCUT2D eigenvalue weighted by Crippen LogP contribution is 2.37. The highest BCUT2D eigenvalue weighted by molar-refractivity contribution is 5.59. The van der Waals surface area contributed by atoms with Crippen LogP contribution in [-0.2, 0) is 0 Å². The lowest BCUT2D eigenvalue weighted by Crippen LogP contribution is -2.57. The number of fused-ring (bicyclic) bond motifs is 1. The van der Waals surface area contributed by atoms with Crippen molar-refractivity contribution in [3.8, 4) is 0 Å². The highest BCUT2D eigenvalue weighted by Gasteiger charge is 2.42. The van der Waals surface area contributed by atoms with E-state index in [1.165, 1.54) is 0 Å². The first-order valence-corrected chi connectivity index (χ1v) is 5.02. The lowest BCUT2D eigenvalue weighted by atomic mass is 9.85. The van der Waals surface area contributed by atoms with Gasteiger partial charge in [-0.05, 0) is 13.1 Å². The van der Waals surface area contributed by atoms with E-state index in [1.807, 2.05) is 18.6 Å². The predicted molar refractivity (Wildman–Crippen MR) is 57.1 cm³/mol. The first-order valence-electron chi connectivity index (χ1n) is 5.02. The number of hydrogen-bond donors (Lipinski definition) is 3.